The number of allylic oxidation sites excluding steroid dienone is 8. The molecular weight excluding hydrogens is 1010 g/mol. The summed E-state index contributed by atoms with van der Waals surface area (Å²) < 4.78 is 34.2. The van der Waals surface area contributed by atoms with E-state index in [1.807, 2.05) is 21.1 Å². The minimum Gasteiger partial charge on any atom is -0.756 e. The molecular formula is C70H132NO8P. The topological polar surface area (TPSA) is 111 Å². The molecule has 9 nitrogen and oxygen atoms in total. The number of ether oxygens (including phenoxy) is 2. The normalized spacial score (nSPS) is 13.4. The molecule has 0 aromatic heterocycles. The van der Waals surface area contributed by atoms with E-state index in [4.69, 9.17) is 18.5 Å². The third kappa shape index (κ3) is 65.1. The summed E-state index contributed by atoms with van der Waals surface area (Å²) in [6.07, 6.45) is 79.2. The van der Waals surface area contributed by atoms with E-state index in [9.17, 15) is 19.0 Å². The lowest BCUT2D eigenvalue weighted by molar-refractivity contribution is -0.870. The Morgan fingerprint density at radius 1 is 0.388 bits per heavy atom. The van der Waals surface area contributed by atoms with Crippen LogP contribution in [-0.4, -0.2) is 70.0 Å². The molecule has 0 fully saturated rings. The first-order valence-corrected chi connectivity index (χ1v) is 35.8. The summed E-state index contributed by atoms with van der Waals surface area (Å²) in [6, 6.07) is 0. The number of quaternary nitrogens is 1. The van der Waals surface area contributed by atoms with Crippen LogP contribution >= 0.6 is 7.82 Å². The maximum Gasteiger partial charge on any atom is 0.306 e. The van der Waals surface area contributed by atoms with Crippen molar-refractivity contribution in [3.05, 3.63) is 48.6 Å². The van der Waals surface area contributed by atoms with Gasteiger partial charge in [0.05, 0.1) is 27.7 Å². The number of carbonyl (C=O) groups is 2. The molecule has 0 saturated carbocycles. The molecule has 0 radical (unpaired) electrons. The predicted molar refractivity (Wildman–Crippen MR) is 342 cm³/mol. The number of phosphoric ester groups is 1. The van der Waals surface area contributed by atoms with Gasteiger partial charge >= 0.3 is 11.9 Å². The van der Waals surface area contributed by atoms with Crippen molar-refractivity contribution in [1.82, 2.24) is 0 Å². The summed E-state index contributed by atoms with van der Waals surface area (Å²) in [4.78, 5) is 37.9. The zero-order valence-corrected chi connectivity index (χ0v) is 54.4. The molecule has 0 aliphatic heterocycles. The van der Waals surface area contributed by atoms with Gasteiger partial charge in [-0.2, -0.15) is 0 Å². The first-order chi connectivity index (χ1) is 39.0. The van der Waals surface area contributed by atoms with Crippen LogP contribution in [0.5, 0.6) is 0 Å². The van der Waals surface area contributed by atoms with E-state index in [2.05, 4.69) is 62.5 Å². The lowest BCUT2D eigenvalue weighted by Crippen LogP contribution is -2.37. The van der Waals surface area contributed by atoms with E-state index in [0.29, 0.717) is 17.4 Å². The highest BCUT2D eigenvalue weighted by molar-refractivity contribution is 7.45. The Bertz CT molecular complexity index is 1490. The first-order valence-electron chi connectivity index (χ1n) is 34.3. The minimum absolute atomic E-state index is 0.0296. The predicted octanol–water partition coefficient (Wildman–Crippen LogP) is 21.4. The number of likely N-dealkylation sites (N-methyl/N-ethyl adjacent to an activating group) is 1. The highest BCUT2D eigenvalue weighted by atomic mass is 31.2. The van der Waals surface area contributed by atoms with E-state index < -0.39 is 26.5 Å². The standard InChI is InChI=1S/C70H132NO8P/c1-6-8-10-12-14-16-18-20-22-24-25-26-27-28-29-30-31-32-33-34-35-36-37-38-39-40-41-42-43-44-45-47-49-51-53-55-57-59-61-63-70(73)79-68(67-78-80(74,75)77-65-64-71(3,4)5)66-76-69(72)62-60-58-56-54-52-50-48-46-23-21-19-17-15-13-11-9-7-2/h18,20-21,23-25,27-28,68H,6-17,19,22,26,29-67H2,1-5H3/b20-18-,23-21-,25-24-,28-27-. The van der Waals surface area contributed by atoms with Crippen LogP contribution in [0, 0.1) is 0 Å². The van der Waals surface area contributed by atoms with Crippen LogP contribution in [0.2, 0.25) is 0 Å². The summed E-state index contributed by atoms with van der Waals surface area (Å²) in [5.41, 5.74) is 0. The Labute approximate surface area is 496 Å². The number of nitrogens with zero attached hydrogens (tertiary/aromatic N) is 1. The molecule has 0 amide bonds. The molecule has 0 aromatic carbocycles. The van der Waals surface area contributed by atoms with E-state index in [0.717, 1.165) is 57.8 Å². The van der Waals surface area contributed by atoms with Crippen molar-refractivity contribution >= 4 is 19.8 Å². The molecule has 470 valence electrons. The van der Waals surface area contributed by atoms with Crippen LogP contribution in [0.15, 0.2) is 48.6 Å². The smallest absolute Gasteiger partial charge is 0.306 e. The lowest BCUT2D eigenvalue weighted by atomic mass is 10.0. The molecule has 0 aliphatic rings. The summed E-state index contributed by atoms with van der Waals surface area (Å²) in [5, 5.41) is 0. The maximum absolute atomic E-state index is 12.8. The van der Waals surface area contributed by atoms with E-state index in [-0.39, 0.29) is 32.0 Å². The molecule has 0 spiro atoms. The third-order valence-electron chi connectivity index (χ3n) is 15.3. The van der Waals surface area contributed by atoms with Crippen LogP contribution < -0.4 is 4.89 Å². The fourth-order valence-corrected chi connectivity index (χ4v) is 10.7. The van der Waals surface area contributed by atoms with Gasteiger partial charge in [0.25, 0.3) is 7.82 Å². The molecule has 0 N–H and O–H groups in total. The van der Waals surface area contributed by atoms with Crippen LogP contribution in [0.4, 0.5) is 0 Å². The molecule has 0 saturated heterocycles. The zero-order valence-electron chi connectivity index (χ0n) is 53.5. The Balaban J connectivity index is 3.91. The van der Waals surface area contributed by atoms with Gasteiger partial charge in [0.15, 0.2) is 6.10 Å². The monoisotopic (exact) mass is 1150 g/mol. The van der Waals surface area contributed by atoms with Gasteiger partial charge in [0, 0.05) is 12.8 Å². The van der Waals surface area contributed by atoms with Gasteiger partial charge in [0.2, 0.25) is 0 Å². The van der Waals surface area contributed by atoms with Crippen molar-refractivity contribution in [3.8, 4) is 0 Å². The number of rotatable bonds is 64. The zero-order chi connectivity index (χ0) is 58.4. The highest BCUT2D eigenvalue weighted by Crippen LogP contribution is 2.38. The Morgan fingerprint density at radius 3 is 1.01 bits per heavy atom. The van der Waals surface area contributed by atoms with Crippen molar-refractivity contribution in [2.45, 2.75) is 341 Å². The SMILES string of the molecule is CCCCCCC/C=C\C/C=C\C/C=C\CCCCCCCCCCCCCCCCCCCCCCCCCCC(=O)OC(COC(=O)CCCCCCCCC/C=C\CCCCCCCC)COP(=O)([O-])OCC[N+](C)(C)C. The summed E-state index contributed by atoms with van der Waals surface area (Å²) in [5.74, 6) is -0.823. The second-order valence-corrected chi connectivity index (χ2v) is 25.9. The summed E-state index contributed by atoms with van der Waals surface area (Å²) in [7, 11) is 1.18. The Morgan fingerprint density at radius 2 is 0.675 bits per heavy atom. The molecule has 0 heterocycles. The van der Waals surface area contributed by atoms with Crippen LogP contribution in [0.25, 0.3) is 0 Å². The van der Waals surface area contributed by atoms with Gasteiger partial charge in [-0.15, -0.1) is 0 Å². The number of carbonyl (C=O) groups excluding carboxylic acids is 2. The largest absolute Gasteiger partial charge is 0.756 e. The second kappa shape index (κ2) is 61.5. The molecule has 80 heavy (non-hydrogen) atoms. The van der Waals surface area contributed by atoms with Crippen molar-refractivity contribution in [1.29, 1.82) is 0 Å². The number of phosphoric acid groups is 1. The second-order valence-electron chi connectivity index (χ2n) is 24.5. The van der Waals surface area contributed by atoms with E-state index in [1.54, 1.807) is 0 Å². The van der Waals surface area contributed by atoms with Gasteiger partial charge in [-0.05, 0) is 77.0 Å². The van der Waals surface area contributed by atoms with Crippen molar-refractivity contribution in [2.75, 3.05) is 47.5 Å². The number of hydrogen-bond donors (Lipinski definition) is 0. The fraction of sp³-hybridized carbons (Fsp3) is 0.857. The van der Waals surface area contributed by atoms with Crippen molar-refractivity contribution < 1.29 is 42.1 Å². The summed E-state index contributed by atoms with van der Waals surface area (Å²) in [6.45, 7) is 4.26. The first kappa shape index (κ1) is 78.0. The van der Waals surface area contributed by atoms with Gasteiger partial charge in [-0.3, -0.25) is 14.2 Å². The van der Waals surface area contributed by atoms with Gasteiger partial charge in [-0.1, -0.05) is 294 Å². The van der Waals surface area contributed by atoms with E-state index >= 15 is 0 Å². The van der Waals surface area contributed by atoms with Gasteiger partial charge in [-0.25, -0.2) is 0 Å². The minimum atomic E-state index is -4.64. The molecule has 2 atom stereocenters. The fourth-order valence-electron chi connectivity index (χ4n) is 10.0. The van der Waals surface area contributed by atoms with Crippen molar-refractivity contribution in [2.24, 2.45) is 0 Å². The van der Waals surface area contributed by atoms with Gasteiger partial charge < -0.3 is 27.9 Å². The highest BCUT2D eigenvalue weighted by Gasteiger charge is 2.22. The average Bonchev–Trinajstić information content (AvgIpc) is 3.42. The Kier molecular flexibility index (Phi) is 60.0. The van der Waals surface area contributed by atoms with Crippen LogP contribution in [0.3, 0.4) is 0 Å². The molecule has 0 rings (SSSR count). The van der Waals surface area contributed by atoms with Crippen molar-refractivity contribution in [3.63, 3.8) is 0 Å². The van der Waals surface area contributed by atoms with Crippen LogP contribution in [0.1, 0.15) is 335 Å². The molecule has 2 unspecified atom stereocenters. The van der Waals surface area contributed by atoms with Crippen LogP contribution in [-0.2, 0) is 32.7 Å². The Hall–Kier alpha value is -2.03. The molecule has 0 aromatic rings. The molecule has 0 aliphatic carbocycles. The lowest BCUT2D eigenvalue weighted by Gasteiger charge is -2.28. The van der Waals surface area contributed by atoms with Gasteiger partial charge in [0.1, 0.15) is 19.8 Å². The maximum atomic E-state index is 12.8. The summed E-state index contributed by atoms with van der Waals surface area (Å²) >= 11 is 0. The number of unbranched alkanes of at least 4 members (excludes halogenated alkanes) is 42. The third-order valence-corrected chi connectivity index (χ3v) is 16.3. The molecule has 0 bridgehead atoms. The number of hydrogen-bond acceptors (Lipinski definition) is 8. The van der Waals surface area contributed by atoms with E-state index in [1.165, 1.54) is 244 Å². The number of esters is 2. The average molecular weight is 1150 g/mol. The quantitative estimate of drug-likeness (QED) is 0.0195. The molecule has 10 heteroatoms.